The zero-order valence-corrected chi connectivity index (χ0v) is 11.9. The number of aromatic nitrogens is 1. The van der Waals surface area contributed by atoms with E-state index < -0.39 is 0 Å². The van der Waals surface area contributed by atoms with E-state index in [0.29, 0.717) is 5.89 Å². The summed E-state index contributed by atoms with van der Waals surface area (Å²) in [6.45, 7) is 2.58. The van der Waals surface area contributed by atoms with E-state index in [9.17, 15) is 0 Å². The van der Waals surface area contributed by atoms with Gasteiger partial charge in [-0.1, -0.05) is 12.1 Å². The van der Waals surface area contributed by atoms with Crippen LogP contribution in [0.15, 0.2) is 46.4 Å². The number of nitrogen functional groups attached to an aromatic ring is 1. The molecule has 3 rings (SSSR count). The summed E-state index contributed by atoms with van der Waals surface area (Å²) in [5, 5.41) is 5.36. The second kappa shape index (κ2) is 5.38. The van der Waals surface area contributed by atoms with Gasteiger partial charge >= 0.3 is 0 Å². The smallest absolute Gasteiger partial charge is 0.191 e. The highest BCUT2D eigenvalue weighted by molar-refractivity contribution is 7.10. The Morgan fingerprint density at radius 1 is 1.25 bits per heavy atom. The molecule has 0 aliphatic rings. The average molecular weight is 285 g/mol. The van der Waals surface area contributed by atoms with Crippen LogP contribution in [0.25, 0.3) is 11.3 Å². The minimum Gasteiger partial charge on any atom is -0.449 e. The first-order valence-electron chi connectivity index (χ1n) is 6.30. The van der Waals surface area contributed by atoms with Crippen molar-refractivity contribution >= 4 is 22.7 Å². The van der Waals surface area contributed by atoms with Crippen molar-refractivity contribution in [2.45, 2.75) is 13.5 Å². The number of rotatable bonds is 4. The van der Waals surface area contributed by atoms with Gasteiger partial charge in [0.1, 0.15) is 12.0 Å². The second-order valence-electron chi connectivity index (χ2n) is 4.48. The molecule has 0 aliphatic heterocycles. The van der Waals surface area contributed by atoms with Crippen molar-refractivity contribution in [3.05, 3.63) is 52.7 Å². The van der Waals surface area contributed by atoms with Crippen molar-refractivity contribution in [3.63, 3.8) is 0 Å². The van der Waals surface area contributed by atoms with E-state index in [1.54, 1.807) is 17.6 Å². The molecule has 2 heterocycles. The number of oxazole rings is 1. The molecule has 20 heavy (non-hydrogen) atoms. The second-order valence-corrected chi connectivity index (χ2v) is 5.48. The summed E-state index contributed by atoms with van der Waals surface area (Å²) >= 11 is 1.66. The molecule has 0 saturated heterocycles. The van der Waals surface area contributed by atoms with E-state index in [2.05, 4.69) is 10.3 Å². The first-order valence-corrected chi connectivity index (χ1v) is 7.18. The van der Waals surface area contributed by atoms with Crippen LogP contribution in [-0.4, -0.2) is 4.98 Å². The van der Waals surface area contributed by atoms with Gasteiger partial charge in [-0.2, -0.15) is 0 Å². The fraction of sp³-hybridized carbons (Fsp3) is 0.133. The normalized spacial score (nSPS) is 10.7. The van der Waals surface area contributed by atoms with Crippen LogP contribution < -0.4 is 11.1 Å². The van der Waals surface area contributed by atoms with Gasteiger partial charge in [-0.15, -0.1) is 11.3 Å². The summed E-state index contributed by atoms with van der Waals surface area (Å²) in [7, 11) is 0. The van der Waals surface area contributed by atoms with Crippen molar-refractivity contribution in [2.75, 3.05) is 11.1 Å². The minimum absolute atomic E-state index is 0.676. The largest absolute Gasteiger partial charge is 0.449 e. The summed E-state index contributed by atoms with van der Waals surface area (Å²) in [4.78, 5) is 5.46. The van der Waals surface area contributed by atoms with Crippen LogP contribution in [0, 0.1) is 6.92 Å². The molecule has 1 aromatic carbocycles. The van der Waals surface area contributed by atoms with Crippen LogP contribution in [0.5, 0.6) is 0 Å². The molecule has 3 N–H and O–H groups in total. The molecule has 0 aliphatic carbocycles. The Morgan fingerprint density at radius 3 is 2.65 bits per heavy atom. The predicted molar refractivity (Wildman–Crippen MR) is 82.7 cm³/mol. The molecule has 0 saturated carbocycles. The van der Waals surface area contributed by atoms with E-state index in [-0.39, 0.29) is 0 Å². The molecule has 4 nitrogen and oxygen atoms in total. The zero-order valence-electron chi connectivity index (χ0n) is 11.1. The molecular formula is C15H15N3OS. The van der Waals surface area contributed by atoms with Gasteiger partial charge in [0.05, 0.1) is 6.54 Å². The fourth-order valence-corrected chi connectivity index (χ4v) is 2.67. The Balaban J connectivity index is 1.69. The van der Waals surface area contributed by atoms with Crippen LogP contribution in [0.2, 0.25) is 0 Å². The lowest BCUT2D eigenvalue weighted by atomic mass is 10.1. The summed E-state index contributed by atoms with van der Waals surface area (Å²) in [5.74, 6) is 0.676. The third-order valence-electron chi connectivity index (χ3n) is 3.03. The highest BCUT2D eigenvalue weighted by Gasteiger charge is 2.04. The lowest BCUT2D eigenvalue weighted by Crippen LogP contribution is -1.99. The standard InChI is InChI=1S/C15H15N3OS/c1-10-18-14(9-19-10)11-2-4-12(5-3-11)17-8-15-13(16)6-7-20-15/h2-7,9,17H,8,16H2,1H3. The number of nitrogens with two attached hydrogens (primary N) is 1. The maximum Gasteiger partial charge on any atom is 0.191 e. The van der Waals surface area contributed by atoms with Crippen LogP contribution in [0.4, 0.5) is 11.4 Å². The van der Waals surface area contributed by atoms with Gasteiger partial charge in [0.25, 0.3) is 0 Å². The molecule has 102 valence electrons. The highest BCUT2D eigenvalue weighted by atomic mass is 32.1. The van der Waals surface area contributed by atoms with Crippen molar-refractivity contribution < 1.29 is 4.42 Å². The van der Waals surface area contributed by atoms with Gasteiger partial charge in [-0.25, -0.2) is 4.98 Å². The van der Waals surface area contributed by atoms with Gasteiger partial charge < -0.3 is 15.5 Å². The van der Waals surface area contributed by atoms with Crippen LogP contribution in [0.1, 0.15) is 10.8 Å². The summed E-state index contributed by atoms with van der Waals surface area (Å²) < 4.78 is 5.22. The Labute approximate surface area is 121 Å². The number of nitrogens with zero attached hydrogens (tertiary/aromatic N) is 1. The van der Waals surface area contributed by atoms with Crippen LogP contribution in [-0.2, 0) is 6.54 Å². The van der Waals surface area contributed by atoms with E-state index in [4.69, 9.17) is 10.2 Å². The molecule has 0 amide bonds. The molecule has 2 aromatic heterocycles. The fourth-order valence-electron chi connectivity index (χ4n) is 1.93. The van der Waals surface area contributed by atoms with Crippen molar-refractivity contribution in [1.82, 2.24) is 4.98 Å². The topological polar surface area (TPSA) is 64.1 Å². The molecule has 0 bridgehead atoms. The molecule has 0 spiro atoms. The first-order chi connectivity index (χ1) is 9.72. The maximum absolute atomic E-state index is 5.86. The minimum atomic E-state index is 0.676. The molecule has 5 heteroatoms. The summed E-state index contributed by atoms with van der Waals surface area (Å²) in [5.41, 5.74) is 9.66. The Bertz CT molecular complexity index is 700. The van der Waals surface area contributed by atoms with E-state index >= 15 is 0 Å². The summed E-state index contributed by atoms with van der Waals surface area (Å²) in [6, 6.07) is 10.0. The number of thiophene rings is 1. The number of aryl methyl sites for hydroxylation is 1. The third kappa shape index (κ3) is 2.67. The quantitative estimate of drug-likeness (QED) is 0.763. The van der Waals surface area contributed by atoms with E-state index in [0.717, 1.165) is 34.1 Å². The molecule has 0 radical (unpaired) electrons. The van der Waals surface area contributed by atoms with Gasteiger partial charge in [0.15, 0.2) is 5.89 Å². The third-order valence-corrected chi connectivity index (χ3v) is 3.97. The zero-order chi connectivity index (χ0) is 13.9. The number of nitrogens with one attached hydrogen (secondary N) is 1. The van der Waals surface area contributed by atoms with Gasteiger partial charge in [-0.3, -0.25) is 0 Å². The monoisotopic (exact) mass is 285 g/mol. The lowest BCUT2D eigenvalue weighted by Gasteiger charge is -2.06. The van der Waals surface area contributed by atoms with Crippen molar-refractivity contribution in [1.29, 1.82) is 0 Å². The molecule has 3 aromatic rings. The van der Waals surface area contributed by atoms with E-state index in [1.807, 2.05) is 42.6 Å². The van der Waals surface area contributed by atoms with Gasteiger partial charge in [0, 0.05) is 28.7 Å². The van der Waals surface area contributed by atoms with Crippen LogP contribution in [0.3, 0.4) is 0 Å². The Morgan fingerprint density at radius 2 is 2.05 bits per heavy atom. The van der Waals surface area contributed by atoms with Gasteiger partial charge in [0.2, 0.25) is 0 Å². The van der Waals surface area contributed by atoms with E-state index in [1.165, 1.54) is 0 Å². The Kier molecular flexibility index (Phi) is 3.43. The van der Waals surface area contributed by atoms with Crippen molar-refractivity contribution in [2.24, 2.45) is 0 Å². The highest BCUT2D eigenvalue weighted by Crippen LogP contribution is 2.23. The first kappa shape index (κ1) is 12.7. The lowest BCUT2D eigenvalue weighted by molar-refractivity contribution is 0.521. The maximum atomic E-state index is 5.86. The van der Waals surface area contributed by atoms with Crippen molar-refractivity contribution in [3.8, 4) is 11.3 Å². The predicted octanol–water partition coefficient (Wildman–Crippen LogP) is 3.91. The number of benzene rings is 1. The molecule has 0 fully saturated rings. The molecular weight excluding hydrogens is 270 g/mol. The number of anilines is 2. The number of hydrogen-bond donors (Lipinski definition) is 2. The van der Waals surface area contributed by atoms with Gasteiger partial charge in [-0.05, 0) is 23.6 Å². The SMILES string of the molecule is Cc1nc(-c2ccc(NCc3sccc3N)cc2)co1. The average Bonchev–Trinajstić information content (AvgIpc) is 3.06. The summed E-state index contributed by atoms with van der Waals surface area (Å²) in [6.07, 6.45) is 1.67. The van der Waals surface area contributed by atoms with Crippen LogP contribution >= 0.6 is 11.3 Å². The number of hydrogen-bond acceptors (Lipinski definition) is 5. The Hall–Kier alpha value is -2.27. The molecule has 0 unspecified atom stereocenters. The molecule has 0 atom stereocenters.